The maximum atomic E-state index is 5.46. The molecule has 2 fully saturated rings. The van der Waals surface area contributed by atoms with Crippen molar-refractivity contribution in [2.24, 2.45) is 0 Å². The number of hydrogen-bond acceptors (Lipinski definition) is 4. The van der Waals surface area contributed by atoms with Crippen molar-refractivity contribution in [3.05, 3.63) is 0 Å². The van der Waals surface area contributed by atoms with E-state index in [-0.39, 0.29) is 0 Å². The molecule has 2 rings (SSSR count). The van der Waals surface area contributed by atoms with E-state index < -0.39 is 0 Å². The second-order valence-electron chi connectivity index (χ2n) is 5.82. The van der Waals surface area contributed by atoms with Gasteiger partial charge in [-0.3, -0.25) is 0 Å². The summed E-state index contributed by atoms with van der Waals surface area (Å²) in [5, 5.41) is 3.73. The maximum absolute atomic E-state index is 5.46. The molecule has 0 saturated carbocycles. The quantitative estimate of drug-likeness (QED) is 0.646. The fourth-order valence-electron chi connectivity index (χ4n) is 3.29. The molecule has 2 heterocycles. The van der Waals surface area contributed by atoms with Gasteiger partial charge in [-0.1, -0.05) is 0 Å². The average Bonchev–Trinajstić information content (AvgIpc) is 2.89. The van der Waals surface area contributed by atoms with Crippen LogP contribution in [-0.2, 0) is 9.47 Å². The van der Waals surface area contributed by atoms with Crippen molar-refractivity contribution in [3.8, 4) is 0 Å². The second-order valence-corrected chi connectivity index (χ2v) is 5.82. The van der Waals surface area contributed by atoms with Crippen LogP contribution in [0, 0.1) is 0 Å². The molecule has 0 radical (unpaired) electrons. The highest BCUT2D eigenvalue weighted by molar-refractivity contribution is 4.89. The highest BCUT2D eigenvalue weighted by Gasteiger charge is 2.31. The summed E-state index contributed by atoms with van der Waals surface area (Å²) in [6.07, 6.45) is 7.91. The normalized spacial score (nSPS) is 27.6. The van der Waals surface area contributed by atoms with Gasteiger partial charge in [0, 0.05) is 25.8 Å². The van der Waals surface area contributed by atoms with Crippen molar-refractivity contribution in [3.63, 3.8) is 0 Å². The monoisotopic (exact) mass is 270 g/mol. The van der Waals surface area contributed by atoms with Gasteiger partial charge in [0.25, 0.3) is 0 Å². The average molecular weight is 270 g/mol. The van der Waals surface area contributed by atoms with Crippen LogP contribution in [-0.4, -0.2) is 63.5 Å². The molecule has 4 nitrogen and oxygen atoms in total. The third-order valence-electron chi connectivity index (χ3n) is 4.40. The van der Waals surface area contributed by atoms with Crippen LogP contribution in [0.2, 0.25) is 0 Å². The molecule has 2 atom stereocenters. The predicted molar refractivity (Wildman–Crippen MR) is 77.5 cm³/mol. The van der Waals surface area contributed by atoms with Gasteiger partial charge in [-0.15, -0.1) is 0 Å². The molecule has 2 aliphatic rings. The van der Waals surface area contributed by atoms with Gasteiger partial charge < -0.3 is 19.7 Å². The molecule has 2 unspecified atom stereocenters. The number of ether oxygens (including phenoxy) is 2. The highest BCUT2D eigenvalue weighted by atomic mass is 16.5. The molecule has 0 aromatic heterocycles. The van der Waals surface area contributed by atoms with E-state index in [0.717, 1.165) is 38.3 Å². The molecule has 4 heteroatoms. The van der Waals surface area contributed by atoms with E-state index in [1.54, 1.807) is 7.11 Å². The lowest BCUT2D eigenvalue weighted by atomic mass is 9.97. The number of piperidine rings is 1. The number of methoxy groups -OCH3 is 1. The maximum Gasteiger partial charge on any atom is 0.0700 e. The van der Waals surface area contributed by atoms with Gasteiger partial charge >= 0.3 is 0 Å². The molecule has 2 saturated heterocycles. The Morgan fingerprint density at radius 3 is 2.95 bits per heavy atom. The van der Waals surface area contributed by atoms with Gasteiger partial charge in [-0.25, -0.2) is 0 Å². The first-order valence-electron chi connectivity index (χ1n) is 7.94. The van der Waals surface area contributed by atoms with Crippen LogP contribution >= 0.6 is 0 Å². The summed E-state index contributed by atoms with van der Waals surface area (Å²) in [4.78, 5) is 2.68. The predicted octanol–water partition coefficient (Wildman–Crippen LogP) is 1.65. The lowest BCUT2D eigenvalue weighted by molar-refractivity contribution is 0.0686. The zero-order chi connectivity index (χ0) is 13.3. The summed E-state index contributed by atoms with van der Waals surface area (Å²) in [5.41, 5.74) is 0. The van der Waals surface area contributed by atoms with Crippen LogP contribution in [0.3, 0.4) is 0 Å². The number of fused-ring (bicyclic) bond motifs is 1. The van der Waals surface area contributed by atoms with Crippen molar-refractivity contribution in [1.82, 2.24) is 10.2 Å². The fourth-order valence-corrected chi connectivity index (χ4v) is 3.29. The Morgan fingerprint density at radius 2 is 2.05 bits per heavy atom. The van der Waals surface area contributed by atoms with Crippen LogP contribution < -0.4 is 5.32 Å². The lowest BCUT2D eigenvalue weighted by Crippen LogP contribution is -2.45. The van der Waals surface area contributed by atoms with Gasteiger partial charge in [-0.2, -0.15) is 0 Å². The van der Waals surface area contributed by atoms with E-state index in [1.165, 1.54) is 45.2 Å². The van der Waals surface area contributed by atoms with E-state index >= 15 is 0 Å². The van der Waals surface area contributed by atoms with Crippen LogP contribution in [0.15, 0.2) is 0 Å². The van der Waals surface area contributed by atoms with E-state index in [2.05, 4.69) is 10.2 Å². The Kier molecular flexibility index (Phi) is 7.14. The summed E-state index contributed by atoms with van der Waals surface area (Å²) in [5.74, 6) is 0. The lowest BCUT2D eigenvalue weighted by Gasteiger charge is -2.35. The third-order valence-corrected chi connectivity index (χ3v) is 4.40. The minimum atomic E-state index is 0.707. The summed E-state index contributed by atoms with van der Waals surface area (Å²) >= 11 is 0. The smallest absolute Gasteiger partial charge is 0.0700 e. The number of unbranched alkanes of at least 4 members (excludes halogenated alkanes) is 1. The minimum Gasteiger partial charge on any atom is -0.382 e. The zero-order valence-electron chi connectivity index (χ0n) is 12.4. The zero-order valence-corrected chi connectivity index (χ0v) is 12.4. The molecule has 0 aromatic carbocycles. The molecule has 112 valence electrons. The van der Waals surface area contributed by atoms with Crippen LogP contribution in [0.25, 0.3) is 0 Å². The van der Waals surface area contributed by atoms with Crippen molar-refractivity contribution >= 4 is 0 Å². The molecule has 0 aromatic rings. The Morgan fingerprint density at radius 1 is 1.11 bits per heavy atom. The molecular weight excluding hydrogens is 240 g/mol. The summed E-state index contributed by atoms with van der Waals surface area (Å²) in [6, 6.07) is 1.64. The third kappa shape index (κ3) is 5.38. The SMILES string of the molecule is COCCOCCCCNC1CCN2CCCC2C1. The molecule has 1 N–H and O–H groups in total. The molecule has 0 bridgehead atoms. The first kappa shape index (κ1) is 15.2. The molecule has 0 spiro atoms. The minimum absolute atomic E-state index is 0.707. The Labute approximate surface area is 117 Å². The van der Waals surface area contributed by atoms with E-state index in [0.29, 0.717) is 6.61 Å². The standard InChI is InChI=1S/C15H30N2O2/c1-18-11-12-19-10-3-2-7-16-14-6-9-17-8-4-5-15(17)13-14/h14-16H,2-13H2,1H3. The first-order valence-corrected chi connectivity index (χ1v) is 7.94. The highest BCUT2D eigenvalue weighted by Crippen LogP contribution is 2.26. The topological polar surface area (TPSA) is 33.7 Å². The molecule has 0 amide bonds. The molecule has 2 aliphatic heterocycles. The van der Waals surface area contributed by atoms with E-state index in [9.17, 15) is 0 Å². The molecular formula is C15H30N2O2. The van der Waals surface area contributed by atoms with E-state index in [4.69, 9.17) is 9.47 Å². The second kappa shape index (κ2) is 8.90. The van der Waals surface area contributed by atoms with Crippen LogP contribution in [0.1, 0.15) is 38.5 Å². The van der Waals surface area contributed by atoms with Crippen LogP contribution in [0.4, 0.5) is 0 Å². The summed E-state index contributed by atoms with van der Waals surface area (Å²) in [6.45, 7) is 6.10. The Hall–Kier alpha value is -0.160. The van der Waals surface area contributed by atoms with Crippen molar-refractivity contribution < 1.29 is 9.47 Å². The Balaban J connectivity index is 1.43. The van der Waals surface area contributed by atoms with Crippen molar-refractivity contribution in [1.29, 1.82) is 0 Å². The van der Waals surface area contributed by atoms with Gasteiger partial charge in [0.1, 0.15) is 0 Å². The fraction of sp³-hybridized carbons (Fsp3) is 1.00. The van der Waals surface area contributed by atoms with E-state index in [1.807, 2.05) is 0 Å². The largest absolute Gasteiger partial charge is 0.382 e. The molecule has 19 heavy (non-hydrogen) atoms. The number of hydrogen-bond donors (Lipinski definition) is 1. The van der Waals surface area contributed by atoms with Gasteiger partial charge in [0.05, 0.1) is 13.2 Å². The first-order chi connectivity index (χ1) is 9.40. The van der Waals surface area contributed by atoms with Gasteiger partial charge in [0.15, 0.2) is 0 Å². The number of nitrogens with one attached hydrogen (secondary N) is 1. The Bertz CT molecular complexity index is 238. The van der Waals surface area contributed by atoms with Crippen molar-refractivity contribution in [2.45, 2.75) is 50.6 Å². The number of nitrogens with zero attached hydrogens (tertiary/aromatic N) is 1. The number of rotatable bonds is 9. The van der Waals surface area contributed by atoms with Gasteiger partial charge in [0.2, 0.25) is 0 Å². The van der Waals surface area contributed by atoms with Crippen molar-refractivity contribution in [2.75, 3.05) is 46.6 Å². The summed E-state index contributed by atoms with van der Waals surface area (Å²) < 4.78 is 10.4. The van der Waals surface area contributed by atoms with Gasteiger partial charge in [-0.05, 0) is 58.2 Å². The summed E-state index contributed by atoms with van der Waals surface area (Å²) in [7, 11) is 1.71. The van der Waals surface area contributed by atoms with Crippen LogP contribution in [0.5, 0.6) is 0 Å². The molecule has 0 aliphatic carbocycles.